The number of phenolic OH excluding ortho intramolecular Hbond substituents is 1. The summed E-state index contributed by atoms with van der Waals surface area (Å²) in [6.45, 7) is 4.99. The van der Waals surface area contributed by atoms with E-state index in [2.05, 4.69) is 6.92 Å². The van der Waals surface area contributed by atoms with Crippen LogP contribution in [0.4, 0.5) is 4.39 Å². The Morgan fingerprint density at radius 2 is 1.67 bits per heavy atom. The van der Waals surface area contributed by atoms with E-state index in [0.717, 1.165) is 40.8 Å². The second kappa shape index (κ2) is 15.3. The molecule has 0 amide bonds. The standard InChI is InChI=1S/C34H35FO6S/c1-4-10-26-30(41-31-12-7-6-11-27(31)34(37)38-3)13-8-14-33(26)42-40-20-9-19-39-32-22-29(36)28(21-23(32)5-2)24-15-17-25(35)18-16-24/h6-8,11-18,21-22,36H,4-5,9-10,19-20H2,1-3H3. The molecule has 0 aliphatic rings. The van der Waals surface area contributed by atoms with Gasteiger partial charge in [0.1, 0.15) is 34.4 Å². The summed E-state index contributed by atoms with van der Waals surface area (Å²) >= 11 is 1.29. The van der Waals surface area contributed by atoms with Crippen molar-refractivity contribution in [2.24, 2.45) is 0 Å². The van der Waals surface area contributed by atoms with Gasteiger partial charge in [-0.2, -0.15) is 0 Å². The van der Waals surface area contributed by atoms with E-state index in [4.69, 9.17) is 18.4 Å². The lowest BCUT2D eigenvalue weighted by atomic mass is 10.00. The average molecular weight is 591 g/mol. The highest BCUT2D eigenvalue weighted by Crippen LogP contribution is 2.37. The summed E-state index contributed by atoms with van der Waals surface area (Å²) in [4.78, 5) is 13.1. The van der Waals surface area contributed by atoms with E-state index >= 15 is 0 Å². The van der Waals surface area contributed by atoms with Gasteiger partial charge in [-0.25, -0.2) is 9.18 Å². The second-order valence-corrected chi connectivity index (χ2v) is 10.4. The van der Waals surface area contributed by atoms with Gasteiger partial charge in [-0.1, -0.05) is 50.6 Å². The first kappa shape index (κ1) is 30.9. The molecule has 42 heavy (non-hydrogen) atoms. The first-order chi connectivity index (χ1) is 20.4. The third-order valence-corrected chi connectivity index (χ3v) is 7.44. The zero-order valence-electron chi connectivity index (χ0n) is 24.0. The first-order valence-corrected chi connectivity index (χ1v) is 14.7. The highest BCUT2D eigenvalue weighted by molar-refractivity contribution is 7.94. The maximum atomic E-state index is 13.3. The van der Waals surface area contributed by atoms with Crippen LogP contribution in [0.2, 0.25) is 0 Å². The number of carbonyl (C=O) groups excluding carboxylic acids is 1. The number of ether oxygens (including phenoxy) is 3. The largest absolute Gasteiger partial charge is 0.507 e. The Morgan fingerprint density at radius 3 is 2.40 bits per heavy atom. The van der Waals surface area contributed by atoms with Crippen LogP contribution in [0.3, 0.4) is 0 Å². The minimum atomic E-state index is -0.455. The molecule has 0 radical (unpaired) electrons. The minimum absolute atomic E-state index is 0.0837. The SMILES string of the molecule is CCCc1c(Oc2ccccc2C(=O)OC)cccc1SOCCCOc1cc(O)c(-c2ccc(F)cc2)cc1CC. The quantitative estimate of drug-likeness (QED) is 0.0894. The van der Waals surface area contributed by atoms with Gasteiger partial charge < -0.3 is 23.5 Å². The Bertz CT molecular complexity index is 1490. The molecule has 0 spiro atoms. The third kappa shape index (κ3) is 7.84. The summed E-state index contributed by atoms with van der Waals surface area (Å²) in [7, 11) is 1.35. The van der Waals surface area contributed by atoms with Crippen LogP contribution in [0.5, 0.6) is 23.0 Å². The fraction of sp³-hybridized carbons (Fsp3) is 0.265. The van der Waals surface area contributed by atoms with Gasteiger partial charge in [0.05, 0.1) is 20.3 Å². The van der Waals surface area contributed by atoms with E-state index in [1.54, 1.807) is 36.4 Å². The molecule has 0 saturated heterocycles. The number of para-hydroxylation sites is 1. The van der Waals surface area contributed by atoms with Crippen molar-refractivity contribution in [2.45, 2.75) is 44.4 Å². The van der Waals surface area contributed by atoms with Crippen LogP contribution in [0, 0.1) is 5.82 Å². The molecule has 8 heteroatoms. The molecule has 0 bridgehead atoms. The summed E-state index contributed by atoms with van der Waals surface area (Å²) in [5.74, 6) is 1.03. The topological polar surface area (TPSA) is 74.2 Å². The number of halogens is 1. The molecule has 0 aliphatic heterocycles. The summed E-state index contributed by atoms with van der Waals surface area (Å²) in [6, 6.07) is 22.3. The zero-order valence-corrected chi connectivity index (χ0v) is 24.8. The van der Waals surface area contributed by atoms with Gasteiger partial charge in [-0.3, -0.25) is 0 Å². The third-order valence-electron chi connectivity index (χ3n) is 6.60. The van der Waals surface area contributed by atoms with E-state index in [-0.39, 0.29) is 11.6 Å². The lowest BCUT2D eigenvalue weighted by molar-refractivity contribution is 0.0598. The number of hydrogen-bond donors (Lipinski definition) is 1. The molecule has 0 aliphatic carbocycles. The van der Waals surface area contributed by atoms with Crippen LogP contribution in [0.1, 0.15) is 48.2 Å². The van der Waals surface area contributed by atoms with Gasteiger partial charge in [0, 0.05) is 40.6 Å². The number of esters is 1. The molecule has 0 aromatic heterocycles. The molecular formula is C34H35FO6S. The van der Waals surface area contributed by atoms with E-state index in [0.29, 0.717) is 48.0 Å². The molecule has 0 atom stereocenters. The average Bonchev–Trinajstić information content (AvgIpc) is 3.00. The van der Waals surface area contributed by atoms with Crippen LogP contribution in [0.15, 0.2) is 83.8 Å². The highest BCUT2D eigenvalue weighted by Gasteiger charge is 2.17. The first-order valence-electron chi connectivity index (χ1n) is 14.0. The number of aryl methyl sites for hydroxylation is 1. The van der Waals surface area contributed by atoms with Crippen LogP contribution in [-0.2, 0) is 21.8 Å². The normalized spacial score (nSPS) is 10.9. The predicted octanol–water partition coefficient (Wildman–Crippen LogP) is 8.78. The van der Waals surface area contributed by atoms with Gasteiger partial charge in [-0.15, -0.1) is 0 Å². The summed E-state index contributed by atoms with van der Waals surface area (Å²) in [6.07, 6.45) is 3.05. The number of rotatable bonds is 14. The number of phenols is 1. The van der Waals surface area contributed by atoms with E-state index in [9.17, 15) is 14.3 Å². The number of methoxy groups -OCH3 is 1. The number of hydrogen-bond acceptors (Lipinski definition) is 7. The lowest BCUT2D eigenvalue weighted by Gasteiger charge is -2.16. The van der Waals surface area contributed by atoms with Crippen molar-refractivity contribution in [3.05, 3.63) is 101 Å². The van der Waals surface area contributed by atoms with Gasteiger partial charge in [0.15, 0.2) is 0 Å². The Morgan fingerprint density at radius 1 is 0.905 bits per heavy atom. The molecule has 0 unspecified atom stereocenters. The van der Waals surface area contributed by atoms with Crippen LogP contribution in [0.25, 0.3) is 11.1 Å². The Hall–Kier alpha value is -4.01. The molecule has 0 heterocycles. The Balaban J connectivity index is 1.35. The van der Waals surface area contributed by atoms with Crippen molar-refractivity contribution >= 4 is 18.0 Å². The number of carbonyl (C=O) groups is 1. The van der Waals surface area contributed by atoms with Gasteiger partial charge in [0.2, 0.25) is 0 Å². The summed E-state index contributed by atoms with van der Waals surface area (Å²) in [5, 5.41) is 10.6. The lowest BCUT2D eigenvalue weighted by Crippen LogP contribution is -2.04. The van der Waals surface area contributed by atoms with Crippen molar-refractivity contribution in [3.8, 4) is 34.1 Å². The zero-order chi connectivity index (χ0) is 29.9. The molecular weight excluding hydrogens is 555 g/mol. The molecule has 4 aromatic carbocycles. The second-order valence-electron chi connectivity index (χ2n) is 9.52. The summed E-state index contributed by atoms with van der Waals surface area (Å²) in [5.41, 5.74) is 3.70. The van der Waals surface area contributed by atoms with E-state index < -0.39 is 5.97 Å². The fourth-order valence-electron chi connectivity index (χ4n) is 4.46. The predicted molar refractivity (Wildman–Crippen MR) is 163 cm³/mol. The number of aromatic hydroxyl groups is 1. The van der Waals surface area contributed by atoms with Crippen molar-refractivity contribution in [1.29, 1.82) is 0 Å². The fourth-order valence-corrected chi connectivity index (χ4v) is 5.22. The van der Waals surface area contributed by atoms with Crippen molar-refractivity contribution in [1.82, 2.24) is 0 Å². The molecule has 6 nitrogen and oxygen atoms in total. The summed E-state index contributed by atoms with van der Waals surface area (Å²) < 4.78 is 36.3. The monoisotopic (exact) mass is 590 g/mol. The highest BCUT2D eigenvalue weighted by atomic mass is 32.2. The Kier molecular flexibility index (Phi) is 11.3. The van der Waals surface area contributed by atoms with Gasteiger partial charge >= 0.3 is 5.97 Å². The smallest absolute Gasteiger partial charge is 0.341 e. The van der Waals surface area contributed by atoms with E-state index in [1.165, 1.54) is 31.3 Å². The minimum Gasteiger partial charge on any atom is -0.507 e. The van der Waals surface area contributed by atoms with Gasteiger partial charge in [-0.05, 0) is 66.4 Å². The number of benzene rings is 4. The van der Waals surface area contributed by atoms with E-state index in [1.807, 2.05) is 37.3 Å². The van der Waals surface area contributed by atoms with Crippen LogP contribution >= 0.6 is 12.0 Å². The molecule has 4 rings (SSSR count). The molecule has 1 N–H and O–H groups in total. The van der Waals surface area contributed by atoms with Crippen molar-refractivity contribution in [2.75, 3.05) is 20.3 Å². The van der Waals surface area contributed by atoms with Gasteiger partial charge in [0.25, 0.3) is 0 Å². The molecule has 0 saturated carbocycles. The maximum absolute atomic E-state index is 13.3. The van der Waals surface area contributed by atoms with Crippen LogP contribution in [-0.4, -0.2) is 31.4 Å². The van der Waals surface area contributed by atoms with Crippen molar-refractivity contribution < 1.29 is 32.7 Å². The molecule has 4 aromatic rings. The maximum Gasteiger partial charge on any atom is 0.341 e. The Labute approximate surface area is 250 Å². The van der Waals surface area contributed by atoms with Crippen molar-refractivity contribution in [3.63, 3.8) is 0 Å². The van der Waals surface area contributed by atoms with Crippen LogP contribution < -0.4 is 9.47 Å². The molecule has 0 fully saturated rings. The molecule has 220 valence electrons.